The van der Waals surface area contributed by atoms with Crippen molar-refractivity contribution in [1.29, 1.82) is 0 Å². The Morgan fingerprint density at radius 3 is 2.62 bits per heavy atom. The lowest BCUT2D eigenvalue weighted by Gasteiger charge is -2.42. The number of ether oxygens (including phenoxy) is 1. The fraction of sp³-hybridized carbons (Fsp3) is 0.562. The van der Waals surface area contributed by atoms with E-state index in [4.69, 9.17) is 4.74 Å². The van der Waals surface area contributed by atoms with Crippen LogP contribution in [0.1, 0.15) is 24.3 Å². The molecule has 114 valence electrons. The van der Waals surface area contributed by atoms with Crippen molar-refractivity contribution < 1.29 is 19.0 Å². The largest absolute Gasteiger partial charge is 0.469 e. The predicted molar refractivity (Wildman–Crippen MR) is 75.2 cm³/mol. The first-order valence-corrected chi connectivity index (χ1v) is 7.26. The lowest BCUT2D eigenvalue weighted by Crippen LogP contribution is -2.51. The minimum atomic E-state index is -0.519. The monoisotopic (exact) mass is 293 g/mol. The molecule has 1 aromatic rings. The van der Waals surface area contributed by atoms with Crippen molar-refractivity contribution >= 4 is 5.97 Å². The van der Waals surface area contributed by atoms with Crippen LogP contribution < -0.4 is 0 Å². The number of esters is 1. The fourth-order valence-electron chi connectivity index (χ4n) is 4.03. The topological polar surface area (TPSA) is 49.8 Å². The highest BCUT2D eigenvalue weighted by Crippen LogP contribution is 2.46. The van der Waals surface area contributed by atoms with E-state index in [0.29, 0.717) is 6.42 Å². The maximum Gasteiger partial charge on any atom is 0.310 e. The van der Waals surface area contributed by atoms with Gasteiger partial charge in [0.1, 0.15) is 5.82 Å². The zero-order valence-electron chi connectivity index (χ0n) is 12.2. The molecule has 0 aromatic heterocycles. The van der Waals surface area contributed by atoms with Gasteiger partial charge in [-0.15, -0.1) is 0 Å². The Bertz CT molecular complexity index is 533. The molecule has 0 saturated carbocycles. The molecule has 0 aliphatic carbocycles. The van der Waals surface area contributed by atoms with Crippen molar-refractivity contribution in [3.63, 3.8) is 0 Å². The van der Waals surface area contributed by atoms with Crippen LogP contribution in [0.15, 0.2) is 24.3 Å². The summed E-state index contributed by atoms with van der Waals surface area (Å²) < 4.78 is 18.1. The predicted octanol–water partition coefficient (Wildman–Crippen LogP) is 1.54. The number of rotatable bonds is 2. The average Bonchev–Trinajstić information content (AvgIpc) is 2.66. The normalized spacial score (nSPS) is 35.7. The number of nitrogens with zero attached hydrogens (tertiary/aromatic N) is 1. The van der Waals surface area contributed by atoms with Gasteiger partial charge in [0.15, 0.2) is 0 Å². The molecule has 0 spiro atoms. The van der Waals surface area contributed by atoms with E-state index in [1.165, 1.54) is 19.2 Å². The third-order valence-corrected chi connectivity index (χ3v) is 5.05. The first-order valence-electron chi connectivity index (χ1n) is 7.26. The third-order valence-electron chi connectivity index (χ3n) is 5.05. The number of carbonyl (C=O) groups excluding carboxylic acids is 1. The van der Waals surface area contributed by atoms with Gasteiger partial charge in [-0.3, -0.25) is 9.69 Å². The first kappa shape index (κ1) is 14.5. The van der Waals surface area contributed by atoms with Crippen LogP contribution in [0.2, 0.25) is 0 Å². The lowest BCUT2D eigenvalue weighted by atomic mass is 9.76. The number of piperidine rings is 1. The van der Waals surface area contributed by atoms with Crippen molar-refractivity contribution in [3.05, 3.63) is 35.6 Å². The molecule has 4 nitrogen and oxygen atoms in total. The van der Waals surface area contributed by atoms with E-state index in [9.17, 15) is 14.3 Å². The smallest absolute Gasteiger partial charge is 0.310 e. The fourth-order valence-corrected chi connectivity index (χ4v) is 4.03. The number of aliphatic hydroxyl groups is 1. The molecule has 2 aliphatic rings. The number of benzene rings is 1. The van der Waals surface area contributed by atoms with Gasteiger partial charge in [-0.1, -0.05) is 12.1 Å². The minimum Gasteiger partial charge on any atom is -0.469 e. The van der Waals surface area contributed by atoms with Gasteiger partial charge in [0.25, 0.3) is 0 Å². The van der Waals surface area contributed by atoms with Gasteiger partial charge in [0.2, 0.25) is 0 Å². The Morgan fingerprint density at radius 2 is 2.00 bits per heavy atom. The zero-order chi connectivity index (χ0) is 15.1. The summed E-state index contributed by atoms with van der Waals surface area (Å²) in [7, 11) is 3.32. The summed E-state index contributed by atoms with van der Waals surface area (Å²) in [5, 5.41) is 10.3. The lowest BCUT2D eigenvalue weighted by molar-refractivity contribution is -0.151. The van der Waals surface area contributed by atoms with Crippen molar-refractivity contribution in [2.75, 3.05) is 14.2 Å². The highest BCUT2D eigenvalue weighted by molar-refractivity contribution is 5.75. The Morgan fingerprint density at radius 1 is 1.33 bits per heavy atom. The van der Waals surface area contributed by atoms with E-state index in [-0.39, 0.29) is 29.8 Å². The van der Waals surface area contributed by atoms with Gasteiger partial charge in [0, 0.05) is 18.0 Å². The second-order valence-corrected chi connectivity index (χ2v) is 6.06. The molecule has 21 heavy (non-hydrogen) atoms. The van der Waals surface area contributed by atoms with Crippen LogP contribution in [0.25, 0.3) is 0 Å². The van der Waals surface area contributed by atoms with Crippen molar-refractivity contribution in [1.82, 2.24) is 4.90 Å². The van der Waals surface area contributed by atoms with Gasteiger partial charge >= 0.3 is 5.97 Å². The number of aliphatic hydroxyl groups excluding tert-OH is 1. The Hall–Kier alpha value is -1.46. The zero-order valence-corrected chi connectivity index (χ0v) is 12.2. The highest BCUT2D eigenvalue weighted by atomic mass is 19.1. The number of likely N-dealkylation sites (N-methyl/N-ethyl adjacent to an activating group) is 1. The molecular formula is C16H20FNO3. The summed E-state index contributed by atoms with van der Waals surface area (Å²) >= 11 is 0. The third kappa shape index (κ3) is 2.34. The van der Waals surface area contributed by atoms with Crippen molar-refractivity contribution in [2.45, 2.75) is 36.9 Å². The van der Waals surface area contributed by atoms with Crippen LogP contribution in [0, 0.1) is 11.7 Å². The molecule has 3 rings (SSSR count). The van der Waals surface area contributed by atoms with E-state index in [1.807, 2.05) is 7.05 Å². The number of hydrogen-bond acceptors (Lipinski definition) is 4. The molecule has 0 amide bonds. The van der Waals surface area contributed by atoms with E-state index < -0.39 is 12.0 Å². The quantitative estimate of drug-likeness (QED) is 0.840. The summed E-state index contributed by atoms with van der Waals surface area (Å²) in [6.07, 6.45) is 0.927. The van der Waals surface area contributed by atoms with Crippen LogP contribution in [0.4, 0.5) is 4.39 Å². The molecular weight excluding hydrogens is 273 g/mol. The number of hydrogen-bond donors (Lipinski definition) is 1. The van der Waals surface area contributed by atoms with Crippen LogP contribution in [0.5, 0.6) is 0 Å². The summed E-state index contributed by atoms with van der Waals surface area (Å²) in [4.78, 5) is 14.4. The molecule has 2 bridgehead atoms. The molecule has 5 heteroatoms. The van der Waals surface area contributed by atoms with Gasteiger partial charge in [-0.25, -0.2) is 4.39 Å². The second-order valence-electron chi connectivity index (χ2n) is 6.06. The molecule has 1 aromatic carbocycles. The van der Waals surface area contributed by atoms with E-state index in [2.05, 4.69) is 4.90 Å². The molecule has 2 fully saturated rings. The number of carbonyl (C=O) groups is 1. The van der Waals surface area contributed by atoms with E-state index >= 15 is 0 Å². The maximum absolute atomic E-state index is 13.1. The maximum atomic E-state index is 13.1. The summed E-state index contributed by atoms with van der Waals surface area (Å²) in [5.74, 6) is -1.05. The molecule has 2 aliphatic heterocycles. The Balaban J connectivity index is 1.98. The first-order chi connectivity index (χ1) is 10.0. The summed E-state index contributed by atoms with van der Waals surface area (Å²) in [5.41, 5.74) is 0.934. The van der Waals surface area contributed by atoms with Crippen molar-refractivity contribution in [2.24, 2.45) is 5.92 Å². The standard InChI is InChI=1S/C16H20FNO3/c1-18-11-7-12(9-3-5-10(17)6-4-9)14(16(20)21-2)15(18)13(19)8-11/h3-6,11-15,19H,7-8H2,1-2H3/t11-,12+,13+,14-,15+/m0/s1. The molecule has 2 heterocycles. The summed E-state index contributed by atoms with van der Waals surface area (Å²) in [6.45, 7) is 0. The Labute approximate surface area is 123 Å². The van der Waals surface area contributed by atoms with Crippen molar-refractivity contribution in [3.8, 4) is 0 Å². The van der Waals surface area contributed by atoms with Crippen LogP contribution in [-0.2, 0) is 9.53 Å². The molecule has 0 unspecified atom stereocenters. The van der Waals surface area contributed by atoms with E-state index in [0.717, 1.165) is 12.0 Å². The van der Waals surface area contributed by atoms with Gasteiger partial charge < -0.3 is 9.84 Å². The number of fused-ring (bicyclic) bond motifs is 2. The molecule has 1 N–H and O–H groups in total. The van der Waals surface area contributed by atoms with Gasteiger partial charge in [-0.2, -0.15) is 0 Å². The number of halogens is 1. The van der Waals surface area contributed by atoms with Gasteiger partial charge in [-0.05, 0) is 37.6 Å². The SMILES string of the molecule is COC(=O)[C@@H]1[C@H]2[C@H](O)C[C@H](C[C@@H]1c1ccc(F)cc1)N2C. The average molecular weight is 293 g/mol. The Kier molecular flexibility index (Phi) is 3.71. The number of methoxy groups -OCH3 is 1. The van der Waals surface area contributed by atoms with Gasteiger partial charge in [0.05, 0.1) is 19.1 Å². The summed E-state index contributed by atoms with van der Waals surface area (Å²) in [6, 6.07) is 6.31. The minimum absolute atomic E-state index is 0.0404. The molecule has 5 atom stereocenters. The van der Waals surface area contributed by atoms with E-state index in [1.54, 1.807) is 12.1 Å². The highest BCUT2D eigenvalue weighted by Gasteiger charge is 2.53. The van der Waals surface area contributed by atoms with Crippen LogP contribution in [0.3, 0.4) is 0 Å². The molecule has 2 saturated heterocycles. The van der Waals surface area contributed by atoms with Crippen LogP contribution >= 0.6 is 0 Å². The molecule has 0 radical (unpaired) electrons. The van der Waals surface area contributed by atoms with Crippen LogP contribution in [-0.4, -0.2) is 48.3 Å². The second kappa shape index (κ2) is 5.39.